The van der Waals surface area contributed by atoms with E-state index >= 15 is 0 Å². The molecule has 0 aliphatic rings. The first kappa shape index (κ1) is 15.9. The number of hydrogen-bond donors (Lipinski definition) is 1. The lowest BCUT2D eigenvalue weighted by Gasteiger charge is -2.08. The highest BCUT2D eigenvalue weighted by Crippen LogP contribution is 2.29. The number of aromatic nitrogens is 3. The Morgan fingerprint density at radius 3 is 2.33 bits per heavy atom. The summed E-state index contributed by atoms with van der Waals surface area (Å²) < 4.78 is 40.1. The molecule has 5 nitrogen and oxygen atoms in total. The van der Waals surface area contributed by atoms with Crippen LogP contribution in [0.15, 0.2) is 64.2 Å². The zero-order valence-corrected chi connectivity index (χ0v) is 12.2. The molecule has 124 valence electrons. The highest BCUT2D eigenvalue weighted by atomic mass is 19.4. The quantitative estimate of drug-likeness (QED) is 0.799. The Bertz CT molecular complexity index is 968. The highest BCUT2D eigenvalue weighted by Gasteiger charge is 2.30. The Labute approximate surface area is 133 Å². The fraction of sp³-hybridized carbons (Fsp3) is 0.125. The maximum atomic E-state index is 12.8. The summed E-state index contributed by atoms with van der Waals surface area (Å²) in [5.74, 6) is 0. The zero-order chi connectivity index (χ0) is 17.3. The van der Waals surface area contributed by atoms with Crippen molar-refractivity contribution in [1.29, 1.82) is 0 Å². The van der Waals surface area contributed by atoms with Crippen LogP contribution in [-0.2, 0) is 12.7 Å². The van der Waals surface area contributed by atoms with Crippen LogP contribution in [0.5, 0.6) is 0 Å². The van der Waals surface area contributed by atoms with Crippen LogP contribution in [0.3, 0.4) is 0 Å². The number of aromatic amines is 1. The van der Waals surface area contributed by atoms with Crippen LogP contribution < -0.4 is 11.4 Å². The molecular formula is C16H12F3N3O2. The number of H-pyrrole nitrogens is 1. The molecule has 0 fully saturated rings. The number of nitrogens with one attached hydrogen (secondary N) is 1. The van der Waals surface area contributed by atoms with Gasteiger partial charge in [-0.3, -0.25) is 0 Å². The van der Waals surface area contributed by atoms with Gasteiger partial charge in [-0.2, -0.15) is 13.2 Å². The first-order valence-electron chi connectivity index (χ1n) is 7.00. The van der Waals surface area contributed by atoms with E-state index in [1.807, 2.05) is 0 Å². The van der Waals surface area contributed by atoms with Gasteiger partial charge in [0.1, 0.15) is 0 Å². The second kappa shape index (κ2) is 5.88. The van der Waals surface area contributed by atoms with E-state index in [0.29, 0.717) is 0 Å². The van der Waals surface area contributed by atoms with Crippen molar-refractivity contribution >= 4 is 0 Å². The van der Waals surface area contributed by atoms with Gasteiger partial charge in [-0.25, -0.2) is 23.9 Å². The summed E-state index contributed by atoms with van der Waals surface area (Å²) in [4.78, 5) is 24.4. The summed E-state index contributed by atoms with van der Waals surface area (Å²) in [5, 5.41) is 2.27. The number of halogens is 3. The third kappa shape index (κ3) is 3.03. The van der Waals surface area contributed by atoms with E-state index < -0.39 is 23.1 Å². The highest BCUT2D eigenvalue weighted by molar-refractivity contribution is 5.36. The van der Waals surface area contributed by atoms with E-state index in [9.17, 15) is 22.8 Å². The summed E-state index contributed by atoms with van der Waals surface area (Å²) in [5.41, 5.74) is -1.65. The smallest absolute Gasteiger partial charge is 0.246 e. The number of rotatable bonds is 3. The van der Waals surface area contributed by atoms with Crippen LogP contribution >= 0.6 is 0 Å². The van der Waals surface area contributed by atoms with Gasteiger partial charge in [0.25, 0.3) is 0 Å². The van der Waals surface area contributed by atoms with Gasteiger partial charge in [0, 0.05) is 0 Å². The molecule has 1 aromatic heterocycles. The van der Waals surface area contributed by atoms with E-state index in [2.05, 4.69) is 5.10 Å². The fourth-order valence-corrected chi connectivity index (χ4v) is 2.31. The van der Waals surface area contributed by atoms with Gasteiger partial charge >= 0.3 is 17.6 Å². The minimum atomic E-state index is -4.54. The first-order chi connectivity index (χ1) is 11.4. The molecule has 0 amide bonds. The van der Waals surface area contributed by atoms with Crippen LogP contribution in [-0.4, -0.2) is 14.3 Å². The van der Waals surface area contributed by atoms with Crippen molar-refractivity contribution in [1.82, 2.24) is 14.3 Å². The minimum absolute atomic E-state index is 0.0287. The summed E-state index contributed by atoms with van der Waals surface area (Å²) in [7, 11) is 0. The second-order valence-electron chi connectivity index (χ2n) is 5.15. The molecule has 1 N–H and O–H groups in total. The Morgan fingerprint density at radius 1 is 0.958 bits per heavy atom. The van der Waals surface area contributed by atoms with Gasteiger partial charge in [-0.15, -0.1) is 0 Å². The largest absolute Gasteiger partial charge is 0.416 e. The molecule has 24 heavy (non-hydrogen) atoms. The molecule has 1 heterocycles. The number of nitrogens with zero attached hydrogens (tertiary/aromatic N) is 2. The van der Waals surface area contributed by atoms with Crippen molar-refractivity contribution in [2.75, 3.05) is 0 Å². The van der Waals surface area contributed by atoms with E-state index in [1.54, 1.807) is 30.3 Å². The van der Waals surface area contributed by atoms with Crippen molar-refractivity contribution in [3.8, 4) is 5.69 Å². The average Bonchev–Trinajstić information content (AvgIpc) is 2.83. The van der Waals surface area contributed by atoms with Crippen molar-refractivity contribution < 1.29 is 13.2 Å². The van der Waals surface area contributed by atoms with Gasteiger partial charge in [0.05, 0.1) is 17.8 Å². The van der Waals surface area contributed by atoms with Crippen molar-refractivity contribution in [3.63, 3.8) is 0 Å². The molecule has 0 aliphatic carbocycles. The maximum Gasteiger partial charge on any atom is 0.416 e. The van der Waals surface area contributed by atoms with E-state index in [4.69, 9.17) is 0 Å². The van der Waals surface area contributed by atoms with Crippen LogP contribution in [0.4, 0.5) is 13.2 Å². The lowest BCUT2D eigenvalue weighted by Crippen LogP contribution is -2.29. The molecule has 3 aromatic rings. The molecule has 0 unspecified atom stereocenters. The van der Waals surface area contributed by atoms with Crippen molar-refractivity contribution in [3.05, 3.63) is 86.7 Å². The van der Waals surface area contributed by atoms with Gasteiger partial charge in [-0.05, 0) is 23.8 Å². The molecule has 0 saturated heterocycles. The monoisotopic (exact) mass is 335 g/mol. The Hall–Kier alpha value is -3.03. The molecule has 3 rings (SSSR count). The third-order valence-electron chi connectivity index (χ3n) is 3.49. The van der Waals surface area contributed by atoms with Crippen molar-refractivity contribution in [2.24, 2.45) is 0 Å². The number of hydrogen-bond acceptors (Lipinski definition) is 2. The van der Waals surface area contributed by atoms with Gasteiger partial charge < -0.3 is 0 Å². The van der Waals surface area contributed by atoms with Crippen LogP contribution in [0.2, 0.25) is 0 Å². The topological polar surface area (TPSA) is 59.8 Å². The summed E-state index contributed by atoms with van der Waals surface area (Å²) >= 11 is 0. The first-order valence-corrected chi connectivity index (χ1v) is 7.00. The lowest BCUT2D eigenvalue weighted by molar-refractivity contribution is -0.137. The zero-order valence-electron chi connectivity index (χ0n) is 12.2. The Balaban J connectivity index is 2.04. The summed E-state index contributed by atoms with van der Waals surface area (Å²) in [6, 6.07) is 13.0. The molecule has 8 heteroatoms. The predicted molar refractivity (Wildman–Crippen MR) is 81.2 cm³/mol. The molecule has 0 radical (unpaired) electrons. The Morgan fingerprint density at radius 2 is 1.67 bits per heavy atom. The van der Waals surface area contributed by atoms with E-state index in [0.717, 1.165) is 26.9 Å². The molecule has 0 aliphatic heterocycles. The van der Waals surface area contributed by atoms with Crippen LogP contribution in [0.25, 0.3) is 5.69 Å². The maximum absolute atomic E-state index is 12.8. The van der Waals surface area contributed by atoms with Gasteiger partial charge in [0.2, 0.25) is 0 Å². The number of alkyl halides is 3. The Kier molecular flexibility index (Phi) is 3.88. The average molecular weight is 335 g/mol. The predicted octanol–water partition coefficient (Wildman–Crippen LogP) is 2.39. The van der Waals surface area contributed by atoms with E-state index in [-0.39, 0.29) is 12.2 Å². The summed E-state index contributed by atoms with van der Waals surface area (Å²) in [6.45, 7) is 0.0287. The third-order valence-corrected chi connectivity index (χ3v) is 3.49. The van der Waals surface area contributed by atoms with Gasteiger partial charge in [0.15, 0.2) is 0 Å². The normalized spacial score (nSPS) is 11.6. The van der Waals surface area contributed by atoms with Gasteiger partial charge in [-0.1, -0.05) is 36.4 Å². The number of benzene rings is 2. The molecule has 2 aromatic carbocycles. The standard InChI is InChI=1S/C16H12F3N3O2/c17-16(18,19)12-7-4-8-13(9-12)22-15(24)21(14(23)20-22)10-11-5-2-1-3-6-11/h1-9H,10H2,(H,20,23). The second-order valence-corrected chi connectivity index (χ2v) is 5.15. The lowest BCUT2D eigenvalue weighted by atomic mass is 10.2. The molecule has 0 saturated carbocycles. The molecular weight excluding hydrogens is 323 g/mol. The minimum Gasteiger partial charge on any atom is -0.246 e. The molecule has 0 bridgehead atoms. The SMILES string of the molecule is O=c1[nH]n(-c2cccc(C(F)(F)F)c2)c(=O)n1Cc1ccccc1. The molecule has 0 spiro atoms. The van der Waals surface area contributed by atoms with E-state index in [1.165, 1.54) is 12.1 Å². The van der Waals surface area contributed by atoms with Crippen LogP contribution in [0, 0.1) is 0 Å². The fourth-order valence-electron chi connectivity index (χ4n) is 2.31. The summed E-state index contributed by atoms with van der Waals surface area (Å²) in [6.07, 6.45) is -4.54. The van der Waals surface area contributed by atoms with Crippen LogP contribution in [0.1, 0.15) is 11.1 Å². The van der Waals surface area contributed by atoms with Crippen molar-refractivity contribution in [2.45, 2.75) is 12.7 Å². The molecule has 0 atom stereocenters.